The molecule has 33 heavy (non-hydrogen) atoms. The van der Waals surface area contributed by atoms with Crippen LogP contribution in [0.4, 0.5) is 11.4 Å². The van der Waals surface area contributed by atoms with Crippen molar-refractivity contribution < 1.29 is 28.6 Å². The molecule has 0 fully saturated rings. The first-order chi connectivity index (χ1) is 15.9. The van der Waals surface area contributed by atoms with Gasteiger partial charge >= 0.3 is 0 Å². The van der Waals surface area contributed by atoms with E-state index >= 15 is 0 Å². The van der Waals surface area contributed by atoms with Crippen LogP contribution in [0, 0.1) is 0 Å². The van der Waals surface area contributed by atoms with Crippen LogP contribution in [-0.2, 0) is 0 Å². The largest absolute Gasteiger partial charge is 0.493 e. The SMILES string of the molecule is COc1cc(C(=O)Nc2ccc(N3C(=O)c4ccccc4C3=O)c(Cl)c2)cc(OC)c1OC. The van der Waals surface area contributed by atoms with Crippen molar-refractivity contribution in [2.24, 2.45) is 0 Å². The molecule has 0 bridgehead atoms. The van der Waals surface area contributed by atoms with Crippen molar-refractivity contribution in [3.63, 3.8) is 0 Å². The second-order valence-electron chi connectivity index (χ2n) is 7.03. The predicted octanol–water partition coefficient (Wildman–Crippen LogP) is 4.42. The van der Waals surface area contributed by atoms with Gasteiger partial charge < -0.3 is 19.5 Å². The Balaban J connectivity index is 1.59. The van der Waals surface area contributed by atoms with Crippen molar-refractivity contribution in [1.82, 2.24) is 0 Å². The average molecular weight is 467 g/mol. The molecular formula is C24H19ClN2O6. The van der Waals surface area contributed by atoms with E-state index in [9.17, 15) is 14.4 Å². The molecule has 0 aromatic heterocycles. The second kappa shape index (κ2) is 8.84. The highest BCUT2D eigenvalue weighted by Gasteiger charge is 2.37. The van der Waals surface area contributed by atoms with Gasteiger partial charge in [0.05, 0.1) is 43.2 Å². The number of imide groups is 1. The minimum atomic E-state index is -0.452. The van der Waals surface area contributed by atoms with Gasteiger partial charge in [0.1, 0.15) is 0 Å². The Kier molecular flexibility index (Phi) is 5.93. The minimum absolute atomic E-state index is 0.132. The number of ether oxygens (including phenoxy) is 3. The number of hydrogen-bond donors (Lipinski definition) is 1. The Morgan fingerprint density at radius 2 is 1.42 bits per heavy atom. The van der Waals surface area contributed by atoms with Gasteiger partial charge in [-0.3, -0.25) is 14.4 Å². The average Bonchev–Trinajstić information content (AvgIpc) is 3.08. The molecule has 1 aliphatic heterocycles. The lowest BCUT2D eigenvalue weighted by molar-refractivity contribution is 0.0924. The van der Waals surface area contributed by atoms with E-state index in [-0.39, 0.29) is 16.3 Å². The standard InChI is InChI=1S/C24H19ClN2O6/c1-31-19-10-13(11-20(32-2)21(19)33-3)22(28)26-14-8-9-18(17(25)12-14)27-23(29)15-6-4-5-7-16(15)24(27)30/h4-12H,1-3H3,(H,26,28). The number of hydrogen-bond acceptors (Lipinski definition) is 6. The third-order valence-electron chi connectivity index (χ3n) is 5.17. The van der Waals surface area contributed by atoms with Crippen LogP contribution in [0.15, 0.2) is 54.6 Å². The normalized spacial score (nSPS) is 12.4. The topological polar surface area (TPSA) is 94.2 Å². The summed E-state index contributed by atoms with van der Waals surface area (Å²) in [5.41, 5.74) is 1.51. The molecule has 3 aromatic rings. The number of carbonyl (C=O) groups is 3. The van der Waals surface area contributed by atoms with Crippen LogP contribution in [0.2, 0.25) is 5.02 Å². The first kappa shape index (κ1) is 22.2. The van der Waals surface area contributed by atoms with Crippen molar-refractivity contribution >= 4 is 40.7 Å². The number of halogens is 1. The van der Waals surface area contributed by atoms with Crippen LogP contribution in [0.25, 0.3) is 0 Å². The van der Waals surface area contributed by atoms with E-state index in [1.165, 1.54) is 45.6 Å². The maximum absolute atomic E-state index is 12.8. The van der Waals surface area contributed by atoms with Crippen molar-refractivity contribution in [2.45, 2.75) is 0 Å². The lowest BCUT2D eigenvalue weighted by Crippen LogP contribution is -2.29. The molecule has 1 aliphatic rings. The third kappa shape index (κ3) is 3.85. The summed E-state index contributed by atoms with van der Waals surface area (Å²) in [7, 11) is 4.38. The zero-order chi connectivity index (χ0) is 23.7. The van der Waals surface area contributed by atoms with E-state index in [1.54, 1.807) is 30.3 Å². The number of amides is 3. The maximum Gasteiger partial charge on any atom is 0.266 e. The second-order valence-corrected chi connectivity index (χ2v) is 7.43. The molecule has 4 rings (SSSR count). The lowest BCUT2D eigenvalue weighted by Gasteiger charge is -2.17. The first-order valence-corrected chi connectivity index (χ1v) is 10.2. The van der Waals surface area contributed by atoms with Gasteiger partial charge in [-0.1, -0.05) is 23.7 Å². The highest BCUT2D eigenvalue weighted by Crippen LogP contribution is 2.39. The van der Waals surface area contributed by atoms with Crippen LogP contribution in [0.3, 0.4) is 0 Å². The third-order valence-corrected chi connectivity index (χ3v) is 5.47. The molecule has 9 heteroatoms. The van der Waals surface area contributed by atoms with Crippen LogP contribution in [0.1, 0.15) is 31.1 Å². The summed E-state index contributed by atoms with van der Waals surface area (Å²) < 4.78 is 15.8. The van der Waals surface area contributed by atoms with E-state index in [4.69, 9.17) is 25.8 Å². The van der Waals surface area contributed by atoms with Crippen LogP contribution in [-0.4, -0.2) is 39.1 Å². The quantitative estimate of drug-likeness (QED) is 0.540. The number of anilines is 2. The Hall–Kier alpha value is -4.04. The molecule has 1 heterocycles. The van der Waals surface area contributed by atoms with Gasteiger partial charge in [-0.15, -0.1) is 0 Å². The minimum Gasteiger partial charge on any atom is -0.493 e. The molecule has 0 radical (unpaired) electrons. The molecule has 0 saturated carbocycles. The van der Waals surface area contributed by atoms with Gasteiger partial charge in [-0.2, -0.15) is 0 Å². The van der Waals surface area contributed by atoms with Gasteiger partial charge in [0.2, 0.25) is 5.75 Å². The Morgan fingerprint density at radius 3 is 1.91 bits per heavy atom. The zero-order valence-corrected chi connectivity index (χ0v) is 18.7. The Labute approximate surface area is 194 Å². The summed E-state index contributed by atoms with van der Waals surface area (Å²) in [5.74, 6) is -0.316. The van der Waals surface area contributed by atoms with E-state index < -0.39 is 17.7 Å². The smallest absolute Gasteiger partial charge is 0.266 e. The van der Waals surface area contributed by atoms with E-state index in [2.05, 4.69) is 5.32 Å². The first-order valence-electron chi connectivity index (χ1n) is 9.78. The highest BCUT2D eigenvalue weighted by molar-refractivity contribution is 6.40. The summed E-state index contributed by atoms with van der Waals surface area (Å²) in [5, 5.41) is 2.86. The predicted molar refractivity (Wildman–Crippen MR) is 123 cm³/mol. The zero-order valence-electron chi connectivity index (χ0n) is 18.0. The maximum atomic E-state index is 12.8. The summed E-state index contributed by atoms with van der Waals surface area (Å²) >= 11 is 6.39. The fourth-order valence-electron chi connectivity index (χ4n) is 3.59. The number of nitrogens with zero attached hydrogens (tertiary/aromatic N) is 1. The van der Waals surface area contributed by atoms with Crippen molar-refractivity contribution in [3.05, 3.63) is 76.3 Å². The Bertz CT molecular complexity index is 1230. The molecule has 168 valence electrons. The number of benzene rings is 3. The van der Waals surface area contributed by atoms with Crippen LogP contribution < -0.4 is 24.4 Å². The van der Waals surface area contributed by atoms with E-state index in [1.807, 2.05) is 0 Å². The Morgan fingerprint density at radius 1 is 0.848 bits per heavy atom. The summed E-state index contributed by atoms with van der Waals surface area (Å²) in [4.78, 5) is 39.3. The fraction of sp³-hybridized carbons (Fsp3) is 0.125. The highest BCUT2D eigenvalue weighted by atomic mass is 35.5. The molecule has 3 aromatic carbocycles. The fourth-order valence-corrected chi connectivity index (χ4v) is 3.85. The van der Waals surface area contributed by atoms with E-state index in [0.29, 0.717) is 34.1 Å². The lowest BCUT2D eigenvalue weighted by atomic mass is 10.1. The molecule has 3 amide bonds. The van der Waals surface area contributed by atoms with Crippen LogP contribution in [0.5, 0.6) is 17.2 Å². The number of methoxy groups -OCH3 is 3. The van der Waals surface area contributed by atoms with Gasteiger partial charge in [0, 0.05) is 11.3 Å². The number of fused-ring (bicyclic) bond motifs is 1. The van der Waals surface area contributed by atoms with Gasteiger partial charge in [0.25, 0.3) is 17.7 Å². The van der Waals surface area contributed by atoms with Crippen molar-refractivity contribution in [3.8, 4) is 17.2 Å². The number of rotatable bonds is 6. The molecule has 0 saturated heterocycles. The molecule has 0 aliphatic carbocycles. The van der Waals surface area contributed by atoms with Gasteiger partial charge in [0.15, 0.2) is 11.5 Å². The molecular weight excluding hydrogens is 448 g/mol. The monoisotopic (exact) mass is 466 g/mol. The van der Waals surface area contributed by atoms with Gasteiger partial charge in [-0.25, -0.2) is 4.90 Å². The molecule has 0 spiro atoms. The molecule has 0 unspecified atom stereocenters. The van der Waals surface area contributed by atoms with Crippen molar-refractivity contribution in [1.29, 1.82) is 0 Å². The van der Waals surface area contributed by atoms with E-state index in [0.717, 1.165) is 4.90 Å². The van der Waals surface area contributed by atoms with Gasteiger partial charge in [-0.05, 0) is 42.5 Å². The number of nitrogens with one attached hydrogen (secondary N) is 1. The summed E-state index contributed by atoms with van der Waals surface area (Å²) in [6.45, 7) is 0. The van der Waals surface area contributed by atoms with Crippen molar-refractivity contribution in [2.75, 3.05) is 31.5 Å². The summed E-state index contributed by atoms with van der Waals surface area (Å²) in [6, 6.07) is 14.1. The number of carbonyl (C=O) groups excluding carboxylic acids is 3. The molecule has 8 nitrogen and oxygen atoms in total. The summed E-state index contributed by atoms with van der Waals surface area (Å²) in [6.07, 6.45) is 0. The molecule has 0 atom stereocenters. The molecule has 1 N–H and O–H groups in total. The van der Waals surface area contributed by atoms with Crippen LogP contribution >= 0.6 is 11.6 Å².